The Bertz CT molecular complexity index is 710. The van der Waals surface area contributed by atoms with Gasteiger partial charge in [-0.15, -0.1) is 0 Å². The summed E-state index contributed by atoms with van der Waals surface area (Å²) in [5.41, 5.74) is 11.1. The SMILES string of the molecule is NC1Cc2ccccc2C1NC(=O)C1Cc2ccccc21. The number of benzene rings is 2. The molecule has 0 spiro atoms. The zero-order valence-electron chi connectivity index (χ0n) is 11.8. The van der Waals surface area contributed by atoms with Gasteiger partial charge in [-0.05, 0) is 35.1 Å². The van der Waals surface area contributed by atoms with Crippen LogP contribution in [0.3, 0.4) is 0 Å². The number of hydrogen-bond acceptors (Lipinski definition) is 2. The van der Waals surface area contributed by atoms with Crippen LogP contribution in [0.4, 0.5) is 0 Å². The molecule has 21 heavy (non-hydrogen) atoms. The van der Waals surface area contributed by atoms with Crippen molar-refractivity contribution in [2.45, 2.75) is 30.8 Å². The van der Waals surface area contributed by atoms with Gasteiger partial charge in [-0.1, -0.05) is 48.5 Å². The summed E-state index contributed by atoms with van der Waals surface area (Å²) in [6, 6.07) is 16.3. The van der Waals surface area contributed by atoms with Crippen LogP contribution in [0.1, 0.15) is 34.2 Å². The standard InChI is InChI=1S/C18H18N2O/c19-16-10-12-6-2-4-8-14(12)17(16)20-18(21)15-9-11-5-1-3-7-13(11)15/h1-8,15-17H,9-10,19H2,(H,20,21). The summed E-state index contributed by atoms with van der Waals surface area (Å²) in [5, 5.41) is 3.16. The van der Waals surface area contributed by atoms with Crippen molar-refractivity contribution in [2.24, 2.45) is 5.73 Å². The molecule has 2 aliphatic rings. The van der Waals surface area contributed by atoms with E-state index in [1.54, 1.807) is 0 Å². The summed E-state index contributed by atoms with van der Waals surface area (Å²) in [6.45, 7) is 0. The maximum Gasteiger partial charge on any atom is 0.228 e. The summed E-state index contributed by atoms with van der Waals surface area (Å²) in [5.74, 6) is 0.0898. The van der Waals surface area contributed by atoms with Crippen LogP contribution in [0.25, 0.3) is 0 Å². The molecular formula is C18H18N2O. The second-order valence-corrected chi connectivity index (χ2v) is 6.01. The first-order valence-corrected chi connectivity index (χ1v) is 7.45. The average molecular weight is 278 g/mol. The highest BCUT2D eigenvalue weighted by atomic mass is 16.2. The van der Waals surface area contributed by atoms with Crippen molar-refractivity contribution < 1.29 is 4.79 Å². The largest absolute Gasteiger partial charge is 0.347 e. The first-order chi connectivity index (χ1) is 10.2. The van der Waals surface area contributed by atoms with Gasteiger partial charge in [0.1, 0.15) is 0 Å². The first kappa shape index (κ1) is 12.6. The first-order valence-electron chi connectivity index (χ1n) is 7.45. The topological polar surface area (TPSA) is 55.1 Å². The van der Waals surface area contributed by atoms with E-state index in [1.807, 2.05) is 30.3 Å². The lowest BCUT2D eigenvalue weighted by atomic mass is 9.77. The molecule has 4 rings (SSSR count). The number of carbonyl (C=O) groups is 1. The molecular weight excluding hydrogens is 260 g/mol. The molecule has 0 aromatic heterocycles. The van der Waals surface area contributed by atoms with E-state index in [1.165, 1.54) is 16.7 Å². The lowest BCUT2D eigenvalue weighted by Gasteiger charge is -2.31. The highest BCUT2D eigenvalue weighted by molar-refractivity contribution is 5.87. The van der Waals surface area contributed by atoms with Crippen LogP contribution in [-0.4, -0.2) is 11.9 Å². The van der Waals surface area contributed by atoms with Gasteiger partial charge in [0.05, 0.1) is 12.0 Å². The van der Waals surface area contributed by atoms with Crippen molar-refractivity contribution in [3.05, 3.63) is 70.8 Å². The number of hydrogen-bond donors (Lipinski definition) is 2. The number of amides is 1. The molecule has 2 aromatic carbocycles. The maximum atomic E-state index is 12.5. The lowest BCUT2D eigenvalue weighted by Crippen LogP contribution is -2.42. The second kappa shape index (κ2) is 4.71. The molecule has 0 bridgehead atoms. The van der Waals surface area contributed by atoms with Gasteiger partial charge in [0.2, 0.25) is 5.91 Å². The number of fused-ring (bicyclic) bond motifs is 2. The third-order valence-electron chi connectivity index (χ3n) is 4.74. The fourth-order valence-electron chi connectivity index (χ4n) is 3.56. The lowest BCUT2D eigenvalue weighted by molar-refractivity contribution is -0.124. The van der Waals surface area contributed by atoms with E-state index in [9.17, 15) is 4.79 Å². The molecule has 3 nitrogen and oxygen atoms in total. The quantitative estimate of drug-likeness (QED) is 0.883. The predicted molar refractivity (Wildman–Crippen MR) is 81.9 cm³/mol. The van der Waals surface area contributed by atoms with Gasteiger partial charge < -0.3 is 11.1 Å². The minimum atomic E-state index is -0.0542. The summed E-state index contributed by atoms with van der Waals surface area (Å²) >= 11 is 0. The van der Waals surface area contributed by atoms with Crippen LogP contribution in [0.15, 0.2) is 48.5 Å². The van der Waals surface area contributed by atoms with Gasteiger partial charge in [-0.25, -0.2) is 0 Å². The maximum absolute atomic E-state index is 12.5. The van der Waals surface area contributed by atoms with Crippen molar-refractivity contribution in [3.8, 4) is 0 Å². The van der Waals surface area contributed by atoms with Crippen molar-refractivity contribution in [2.75, 3.05) is 0 Å². The van der Waals surface area contributed by atoms with E-state index >= 15 is 0 Å². The van der Waals surface area contributed by atoms with E-state index in [2.05, 4.69) is 23.5 Å². The van der Waals surface area contributed by atoms with Gasteiger partial charge in [0, 0.05) is 6.04 Å². The van der Waals surface area contributed by atoms with Crippen molar-refractivity contribution in [1.82, 2.24) is 5.32 Å². The molecule has 0 aliphatic heterocycles. The Kier molecular flexibility index (Phi) is 2.82. The molecule has 0 fully saturated rings. The van der Waals surface area contributed by atoms with Crippen molar-refractivity contribution in [1.29, 1.82) is 0 Å². The summed E-state index contributed by atoms with van der Waals surface area (Å²) in [4.78, 5) is 12.5. The van der Waals surface area contributed by atoms with Crippen LogP contribution in [0.5, 0.6) is 0 Å². The van der Waals surface area contributed by atoms with Crippen LogP contribution >= 0.6 is 0 Å². The van der Waals surface area contributed by atoms with E-state index in [0.717, 1.165) is 18.4 Å². The Labute approximate surface area is 124 Å². The monoisotopic (exact) mass is 278 g/mol. The second-order valence-electron chi connectivity index (χ2n) is 6.01. The highest BCUT2D eigenvalue weighted by Crippen LogP contribution is 2.36. The van der Waals surface area contributed by atoms with E-state index < -0.39 is 0 Å². The van der Waals surface area contributed by atoms with E-state index in [-0.39, 0.29) is 23.9 Å². The number of carbonyl (C=O) groups excluding carboxylic acids is 1. The molecule has 3 heteroatoms. The van der Waals surface area contributed by atoms with Crippen LogP contribution in [0.2, 0.25) is 0 Å². The summed E-state index contributed by atoms with van der Waals surface area (Å²) in [7, 11) is 0. The van der Waals surface area contributed by atoms with Crippen LogP contribution < -0.4 is 11.1 Å². The minimum Gasteiger partial charge on any atom is -0.347 e. The number of nitrogens with one attached hydrogen (secondary N) is 1. The molecule has 0 heterocycles. The fourth-order valence-corrected chi connectivity index (χ4v) is 3.56. The Morgan fingerprint density at radius 1 is 0.952 bits per heavy atom. The minimum absolute atomic E-state index is 0.0128. The third kappa shape index (κ3) is 1.96. The van der Waals surface area contributed by atoms with Gasteiger partial charge in [0.25, 0.3) is 0 Å². The predicted octanol–water partition coefficient (Wildman–Crippen LogP) is 2.07. The molecule has 0 radical (unpaired) electrons. The summed E-state index contributed by atoms with van der Waals surface area (Å²) < 4.78 is 0. The molecule has 1 amide bonds. The molecule has 0 saturated heterocycles. The number of rotatable bonds is 2. The smallest absolute Gasteiger partial charge is 0.228 e. The van der Waals surface area contributed by atoms with Gasteiger partial charge >= 0.3 is 0 Å². The van der Waals surface area contributed by atoms with Gasteiger partial charge in [0.15, 0.2) is 0 Å². The normalized spacial score (nSPS) is 25.7. The third-order valence-corrected chi connectivity index (χ3v) is 4.74. The zero-order chi connectivity index (χ0) is 14.4. The van der Waals surface area contributed by atoms with E-state index in [4.69, 9.17) is 5.73 Å². The Balaban J connectivity index is 1.54. The summed E-state index contributed by atoms with van der Waals surface area (Å²) in [6.07, 6.45) is 1.67. The zero-order valence-corrected chi connectivity index (χ0v) is 11.8. The average Bonchev–Trinajstić information content (AvgIpc) is 2.77. The van der Waals surface area contributed by atoms with E-state index in [0.29, 0.717) is 0 Å². The van der Waals surface area contributed by atoms with Crippen LogP contribution in [-0.2, 0) is 17.6 Å². The molecule has 106 valence electrons. The van der Waals surface area contributed by atoms with Crippen molar-refractivity contribution in [3.63, 3.8) is 0 Å². The number of nitrogens with two attached hydrogens (primary N) is 1. The molecule has 3 atom stereocenters. The molecule has 3 unspecified atom stereocenters. The Morgan fingerprint density at radius 3 is 2.29 bits per heavy atom. The van der Waals surface area contributed by atoms with Crippen molar-refractivity contribution >= 4 is 5.91 Å². The Hall–Kier alpha value is -2.13. The highest BCUT2D eigenvalue weighted by Gasteiger charge is 2.36. The van der Waals surface area contributed by atoms with Crippen LogP contribution in [0, 0.1) is 0 Å². The molecule has 3 N–H and O–H groups in total. The molecule has 2 aromatic rings. The molecule has 2 aliphatic carbocycles. The molecule has 0 saturated carbocycles. The van der Waals surface area contributed by atoms with Gasteiger partial charge in [-0.2, -0.15) is 0 Å². The Morgan fingerprint density at radius 2 is 1.57 bits per heavy atom. The van der Waals surface area contributed by atoms with Gasteiger partial charge in [-0.3, -0.25) is 4.79 Å². The fraction of sp³-hybridized carbons (Fsp3) is 0.278.